The van der Waals surface area contributed by atoms with Crippen LogP contribution in [0.4, 0.5) is 15.8 Å². The Balaban J connectivity index is 1.51. The van der Waals surface area contributed by atoms with Crippen LogP contribution in [0.25, 0.3) is 6.08 Å². The van der Waals surface area contributed by atoms with Crippen molar-refractivity contribution in [2.24, 2.45) is 5.73 Å². The van der Waals surface area contributed by atoms with Crippen molar-refractivity contribution in [3.8, 4) is 0 Å². The normalized spacial score (nSPS) is 11.7. The fourth-order valence-electron chi connectivity index (χ4n) is 4.04. The summed E-state index contributed by atoms with van der Waals surface area (Å²) in [6.45, 7) is 1.86. The van der Waals surface area contributed by atoms with Crippen molar-refractivity contribution in [1.29, 1.82) is 0 Å². The van der Waals surface area contributed by atoms with Crippen LogP contribution in [0.3, 0.4) is 0 Å². The molecule has 0 aliphatic heterocycles. The lowest BCUT2D eigenvalue weighted by Crippen LogP contribution is -2.30. The molecule has 0 radical (unpaired) electrons. The van der Waals surface area contributed by atoms with Crippen LogP contribution in [0.5, 0.6) is 0 Å². The fourth-order valence-corrected chi connectivity index (χ4v) is 5.06. The van der Waals surface area contributed by atoms with E-state index in [0.29, 0.717) is 28.3 Å². The van der Waals surface area contributed by atoms with Gasteiger partial charge in [0.1, 0.15) is 11.5 Å². The maximum atomic E-state index is 14.4. The first-order valence-corrected chi connectivity index (χ1v) is 14.2. The number of halogens is 1. The standard InChI is InChI=1S/C33H29FN4O4S/c1-2-29(33(42)37-27-18-9-7-16-25(27)30(35)39)43-24-15-10-14-23(20-24)36-32(41)28(19-22-13-6-8-17-26(22)34)38-31(40)21-11-4-3-5-12-21/h3-20,29H,2H2,1H3,(H2,35,39)(H,36,41)(H,37,42)(H,38,40)/b28-19+. The van der Waals surface area contributed by atoms with E-state index in [0.717, 1.165) is 0 Å². The van der Waals surface area contributed by atoms with Crippen LogP contribution in [-0.4, -0.2) is 28.9 Å². The van der Waals surface area contributed by atoms with Crippen molar-refractivity contribution in [1.82, 2.24) is 5.32 Å². The summed E-state index contributed by atoms with van der Waals surface area (Å²) in [7, 11) is 0. The van der Waals surface area contributed by atoms with Gasteiger partial charge in [-0.25, -0.2) is 4.39 Å². The number of nitrogens with two attached hydrogens (primary N) is 1. The number of benzene rings is 4. The third-order valence-corrected chi connectivity index (χ3v) is 7.58. The Bertz CT molecular complexity index is 1680. The molecule has 1 atom stereocenters. The topological polar surface area (TPSA) is 130 Å². The number of amides is 4. The number of carbonyl (C=O) groups excluding carboxylic acids is 4. The molecule has 0 bridgehead atoms. The molecule has 0 heterocycles. The molecule has 0 aliphatic carbocycles. The van der Waals surface area contributed by atoms with Crippen molar-refractivity contribution < 1.29 is 23.6 Å². The SMILES string of the molecule is CCC(Sc1cccc(NC(=O)/C(=C\c2ccccc2F)NC(=O)c2ccccc2)c1)C(=O)Nc1ccccc1C(N)=O. The summed E-state index contributed by atoms with van der Waals surface area (Å²) < 4.78 is 14.4. The lowest BCUT2D eigenvalue weighted by molar-refractivity contribution is -0.116. The van der Waals surface area contributed by atoms with E-state index in [1.54, 1.807) is 78.9 Å². The Morgan fingerprint density at radius 3 is 2.28 bits per heavy atom. The van der Waals surface area contributed by atoms with Crippen LogP contribution in [0.15, 0.2) is 114 Å². The van der Waals surface area contributed by atoms with Gasteiger partial charge in [0.2, 0.25) is 5.91 Å². The smallest absolute Gasteiger partial charge is 0.272 e. The van der Waals surface area contributed by atoms with Gasteiger partial charge in [0.05, 0.1) is 16.5 Å². The van der Waals surface area contributed by atoms with Crippen LogP contribution in [0.2, 0.25) is 0 Å². The van der Waals surface area contributed by atoms with Crippen LogP contribution in [0.1, 0.15) is 39.6 Å². The number of carbonyl (C=O) groups is 4. The number of thioether (sulfide) groups is 1. The molecule has 5 N–H and O–H groups in total. The van der Waals surface area contributed by atoms with E-state index in [4.69, 9.17) is 5.73 Å². The largest absolute Gasteiger partial charge is 0.366 e. The number of primary amides is 1. The predicted octanol–water partition coefficient (Wildman–Crippen LogP) is 5.84. The van der Waals surface area contributed by atoms with Crippen molar-refractivity contribution in [3.63, 3.8) is 0 Å². The van der Waals surface area contributed by atoms with Gasteiger partial charge in [-0.15, -0.1) is 11.8 Å². The third-order valence-electron chi connectivity index (χ3n) is 6.22. The molecule has 0 aromatic heterocycles. The average molecular weight is 597 g/mol. The number of rotatable bonds is 11. The minimum Gasteiger partial charge on any atom is -0.366 e. The number of anilines is 2. The Hall–Kier alpha value is -5.22. The van der Waals surface area contributed by atoms with Gasteiger partial charge < -0.3 is 21.7 Å². The average Bonchev–Trinajstić information content (AvgIpc) is 3.01. The molecule has 1 unspecified atom stereocenters. The number of hydrogen-bond acceptors (Lipinski definition) is 5. The quantitative estimate of drug-likeness (QED) is 0.128. The van der Waals surface area contributed by atoms with Crippen molar-refractivity contribution in [2.75, 3.05) is 10.6 Å². The number of hydrogen-bond donors (Lipinski definition) is 4. The van der Waals surface area contributed by atoms with Crippen LogP contribution in [-0.2, 0) is 9.59 Å². The minimum atomic E-state index is -0.664. The van der Waals surface area contributed by atoms with Gasteiger partial charge in [-0.1, -0.05) is 61.5 Å². The highest BCUT2D eigenvalue weighted by Gasteiger charge is 2.21. The molecule has 4 rings (SSSR count). The van der Waals surface area contributed by atoms with Crippen molar-refractivity contribution in [2.45, 2.75) is 23.5 Å². The van der Waals surface area contributed by atoms with Gasteiger partial charge in [0, 0.05) is 21.7 Å². The molecule has 0 fully saturated rings. The van der Waals surface area contributed by atoms with Gasteiger partial charge in [-0.3, -0.25) is 19.2 Å². The summed E-state index contributed by atoms with van der Waals surface area (Å²) in [6, 6.07) is 27.6. The number of nitrogens with one attached hydrogen (secondary N) is 3. The van der Waals surface area contributed by atoms with Crippen LogP contribution in [0, 0.1) is 5.82 Å². The maximum absolute atomic E-state index is 14.4. The third kappa shape index (κ3) is 8.40. The van der Waals surface area contributed by atoms with E-state index in [9.17, 15) is 23.6 Å². The summed E-state index contributed by atoms with van der Waals surface area (Å²) in [5.74, 6) is -2.71. The fraction of sp³-hybridized carbons (Fsp3) is 0.0909. The van der Waals surface area contributed by atoms with Gasteiger partial charge in [-0.05, 0) is 61.0 Å². The molecule has 43 heavy (non-hydrogen) atoms. The van der Waals surface area contributed by atoms with E-state index in [1.807, 2.05) is 6.92 Å². The highest BCUT2D eigenvalue weighted by molar-refractivity contribution is 8.00. The highest BCUT2D eigenvalue weighted by atomic mass is 32.2. The molecule has 4 aromatic carbocycles. The van der Waals surface area contributed by atoms with Gasteiger partial charge in [-0.2, -0.15) is 0 Å². The first kappa shape index (κ1) is 30.7. The monoisotopic (exact) mass is 596 g/mol. The number of para-hydroxylation sites is 1. The van der Waals surface area contributed by atoms with E-state index < -0.39 is 28.8 Å². The Labute approximate surface area is 252 Å². The molecule has 10 heteroatoms. The molecular weight excluding hydrogens is 567 g/mol. The van der Waals surface area contributed by atoms with Crippen molar-refractivity contribution in [3.05, 3.63) is 131 Å². The van der Waals surface area contributed by atoms with Crippen LogP contribution >= 0.6 is 11.8 Å². The zero-order chi connectivity index (χ0) is 30.8. The first-order valence-electron chi connectivity index (χ1n) is 13.4. The van der Waals surface area contributed by atoms with E-state index >= 15 is 0 Å². The molecule has 0 aliphatic rings. The summed E-state index contributed by atoms with van der Waals surface area (Å²) in [4.78, 5) is 51.7. The van der Waals surface area contributed by atoms with Gasteiger partial charge in [0.15, 0.2) is 0 Å². The predicted molar refractivity (Wildman–Crippen MR) is 167 cm³/mol. The second-order valence-corrected chi connectivity index (χ2v) is 10.6. The lowest BCUT2D eigenvalue weighted by atomic mass is 10.1. The second-order valence-electron chi connectivity index (χ2n) is 9.30. The van der Waals surface area contributed by atoms with Crippen LogP contribution < -0.4 is 21.7 Å². The first-order chi connectivity index (χ1) is 20.7. The Morgan fingerprint density at radius 2 is 1.56 bits per heavy atom. The zero-order valence-corrected chi connectivity index (χ0v) is 24.0. The summed E-state index contributed by atoms with van der Waals surface area (Å²) in [5.41, 5.74) is 6.66. The molecule has 218 valence electrons. The zero-order valence-electron chi connectivity index (χ0n) is 23.2. The molecule has 0 spiro atoms. The molecule has 8 nitrogen and oxygen atoms in total. The van der Waals surface area contributed by atoms with E-state index in [2.05, 4.69) is 16.0 Å². The van der Waals surface area contributed by atoms with Gasteiger partial charge in [0.25, 0.3) is 17.7 Å². The second kappa shape index (κ2) is 14.6. The summed E-state index contributed by atoms with van der Waals surface area (Å²) in [6.07, 6.45) is 1.75. The Morgan fingerprint density at radius 1 is 0.860 bits per heavy atom. The van der Waals surface area contributed by atoms with E-state index in [-0.39, 0.29) is 22.7 Å². The molecule has 0 saturated heterocycles. The molecular formula is C33H29FN4O4S. The molecule has 0 saturated carbocycles. The molecule has 4 amide bonds. The maximum Gasteiger partial charge on any atom is 0.272 e. The van der Waals surface area contributed by atoms with Crippen molar-refractivity contribution >= 4 is 52.8 Å². The highest BCUT2D eigenvalue weighted by Crippen LogP contribution is 2.29. The van der Waals surface area contributed by atoms with Gasteiger partial charge >= 0.3 is 0 Å². The molecule has 4 aromatic rings. The summed E-state index contributed by atoms with van der Waals surface area (Å²) >= 11 is 1.28. The minimum absolute atomic E-state index is 0.125. The lowest BCUT2D eigenvalue weighted by Gasteiger charge is -2.17. The summed E-state index contributed by atoms with van der Waals surface area (Å²) in [5, 5.41) is 7.59. The Kier molecular flexibility index (Phi) is 10.4. The van der Waals surface area contributed by atoms with E-state index in [1.165, 1.54) is 42.1 Å².